The van der Waals surface area contributed by atoms with Crippen LogP contribution in [0.15, 0.2) is 42.5 Å². The number of fused-ring (bicyclic) bond motifs is 1. The smallest absolute Gasteiger partial charge is 0.335 e. The van der Waals surface area contributed by atoms with Crippen LogP contribution in [0.1, 0.15) is 28.4 Å². The summed E-state index contributed by atoms with van der Waals surface area (Å²) in [7, 11) is -2.64. The van der Waals surface area contributed by atoms with Crippen molar-refractivity contribution in [2.45, 2.75) is 45.2 Å². The predicted molar refractivity (Wildman–Crippen MR) is 117 cm³/mol. The molecular weight excluding hydrogens is 352 g/mol. The van der Waals surface area contributed by atoms with Crippen molar-refractivity contribution < 1.29 is 9.90 Å². The summed E-state index contributed by atoms with van der Waals surface area (Å²) in [6, 6.07) is 17.0. The zero-order chi connectivity index (χ0) is 19.1. The monoisotopic (exact) mass is 380 g/mol. The molecule has 0 saturated heterocycles. The Bertz CT molecular complexity index is 878. The molecule has 1 N–H and O–H groups in total. The highest BCUT2D eigenvalue weighted by Crippen LogP contribution is 2.27. The minimum absolute atomic E-state index is 0.327. The van der Waals surface area contributed by atoms with Crippen molar-refractivity contribution in [3.8, 4) is 0 Å². The molecule has 0 radical (unpaired) electrons. The standard InChI is InChI=1S/C22H28O2Si2/c1-16(14-17-6-8-18(9-7-17)22(23)24)19-10-11-20-21(15-19)26(4,5)13-12-25(20,2)3/h6-11,14-15H,12-13H2,1-5H3,(H,23,24)/b16-14+. The van der Waals surface area contributed by atoms with E-state index in [0.29, 0.717) is 5.56 Å². The molecule has 2 aromatic carbocycles. The third kappa shape index (κ3) is 3.62. The van der Waals surface area contributed by atoms with E-state index < -0.39 is 22.1 Å². The number of hydrogen-bond acceptors (Lipinski definition) is 1. The van der Waals surface area contributed by atoms with Gasteiger partial charge in [-0.15, -0.1) is 0 Å². The van der Waals surface area contributed by atoms with E-state index >= 15 is 0 Å². The number of carbonyl (C=O) groups is 1. The first kappa shape index (κ1) is 18.9. The van der Waals surface area contributed by atoms with Crippen LogP contribution in [-0.4, -0.2) is 27.2 Å². The van der Waals surface area contributed by atoms with E-state index in [1.165, 1.54) is 23.2 Å². The van der Waals surface area contributed by atoms with Crippen LogP contribution in [0.5, 0.6) is 0 Å². The van der Waals surface area contributed by atoms with E-state index in [2.05, 4.69) is 57.4 Å². The highest BCUT2D eigenvalue weighted by Gasteiger charge is 2.39. The summed E-state index contributed by atoms with van der Waals surface area (Å²) in [5.74, 6) is -0.883. The van der Waals surface area contributed by atoms with Crippen LogP contribution < -0.4 is 10.4 Å². The van der Waals surface area contributed by atoms with Crippen molar-refractivity contribution in [3.63, 3.8) is 0 Å². The molecule has 26 heavy (non-hydrogen) atoms. The maximum absolute atomic E-state index is 11.0. The number of allylic oxidation sites excluding steroid dienone is 1. The predicted octanol–water partition coefficient (Wildman–Crippen LogP) is 4.79. The number of aromatic carboxylic acids is 1. The quantitative estimate of drug-likeness (QED) is 0.614. The molecule has 0 fully saturated rings. The number of carboxylic acids is 1. The highest BCUT2D eigenvalue weighted by molar-refractivity contribution is 7.03. The van der Waals surface area contributed by atoms with Crippen molar-refractivity contribution in [1.82, 2.24) is 0 Å². The van der Waals surface area contributed by atoms with E-state index in [-0.39, 0.29) is 0 Å². The molecule has 0 amide bonds. The Morgan fingerprint density at radius 3 is 2.00 bits per heavy atom. The van der Waals surface area contributed by atoms with Gasteiger partial charge in [-0.3, -0.25) is 0 Å². The summed E-state index contributed by atoms with van der Waals surface area (Å²) >= 11 is 0. The minimum Gasteiger partial charge on any atom is -0.478 e. The van der Waals surface area contributed by atoms with Gasteiger partial charge < -0.3 is 5.11 Å². The molecule has 136 valence electrons. The zero-order valence-corrected chi connectivity index (χ0v) is 18.4. The van der Waals surface area contributed by atoms with Gasteiger partial charge >= 0.3 is 5.97 Å². The minimum atomic E-state index is -1.35. The summed E-state index contributed by atoms with van der Waals surface area (Å²) in [6.45, 7) is 12.2. The molecule has 0 atom stereocenters. The lowest BCUT2D eigenvalue weighted by Gasteiger charge is -2.39. The average molecular weight is 381 g/mol. The summed E-state index contributed by atoms with van der Waals surface area (Å²) in [6.07, 6.45) is 2.15. The van der Waals surface area contributed by atoms with E-state index in [4.69, 9.17) is 5.11 Å². The van der Waals surface area contributed by atoms with Gasteiger partial charge in [-0.2, -0.15) is 0 Å². The van der Waals surface area contributed by atoms with Gasteiger partial charge in [0.25, 0.3) is 0 Å². The van der Waals surface area contributed by atoms with Gasteiger partial charge in [0.15, 0.2) is 0 Å². The van der Waals surface area contributed by atoms with Crippen molar-refractivity contribution >= 4 is 44.1 Å². The summed E-state index contributed by atoms with van der Waals surface area (Å²) in [5, 5.41) is 12.4. The largest absolute Gasteiger partial charge is 0.478 e. The van der Waals surface area contributed by atoms with Crippen LogP contribution in [0.2, 0.25) is 38.3 Å². The molecule has 1 aliphatic rings. The van der Waals surface area contributed by atoms with Gasteiger partial charge in [0.2, 0.25) is 0 Å². The van der Waals surface area contributed by atoms with Gasteiger partial charge in [-0.25, -0.2) is 4.79 Å². The summed E-state index contributed by atoms with van der Waals surface area (Å²) in [5.41, 5.74) is 3.88. The van der Waals surface area contributed by atoms with E-state index in [1.54, 1.807) is 22.5 Å². The fraction of sp³-hybridized carbons (Fsp3) is 0.318. The lowest BCUT2D eigenvalue weighted by atomic mass is 10.0. The first-order valence-electron chi connectivity index (χ1n) is 9.27. The normalized spacial score (nSPS) is 18.3. The number of rotatable bonds is 3. The molecule has 1 heterocycles. The number of carboxylic acid groups (broad SMARTS) is 1. The van der Waals surface area contributed by atoms with Crippen LogP contribution in [0.25, 0.3) is 11.6 Å². The third-order valence-electron chi connectivity index (χ3n) is 5.85. The topological polar surface area (TPSA) is 37.3 Å². The Balaban J connectivity index is 1.98. The maximum Gasteiger partial charge on any atom is 0.335 e. The Hall–Kier alpha value is -1.92. The third-order valence-corrected chi connectivity index (χ3v) is 13.4. The average Bonchev–Trinajstić information content (AvgIpc) is 2.59. The van der Waals surface area contributed by atoms with Gasteiger partial charge in [0, 0.05) is 0 Å². The van der Waals surface area contributed by atoms with Gasteiger partial charge in [-0.1, -0.05) is 85.1 Å². The molecule has 3 rings (SSSR count). The van der Waals surface area contributed by atoms with Crippen molar-refractivity contribution in [1.29, 1.82) is 0 Å². The molecule has 4 heteroatoms. The molecule has 2 nitrogen and oxygen atoms in total. The Morgan fingerprint density at radius 1 is 0.885 bits per heavy atom. The van der Waals surface area contributed by atoms with Crippen molar-refractivity contribution in [2.24, 2.45) is 0 Å². The second kappa shape index (κ2) is 6.67. The van der Waals surface area contributed by atoms with Crippen LogP contribution in [0, 0.1) is 0 Å². The summed E-state index contributed by atoms with van der Waals surface area (Å²) in [4.78, 5) is 11.0. The Morgan fingerprint density at radius 2 is 1.42 bits per heavy atom. The molecular formula is C22H28O2Si2. The maximum atomic E-state index is 11.0. The summed E-state index contributed by atoms with van der Waals surface area (Å²) < 4.78 is 0. The Kier molecular flexibility index (Phi) is 4.84. The van der Waals surface area contributed by atoms with Crippen LogP contribution in [0.3, 0.4) is 0 Å². The first-order valence-corrected chi connectivity index (χ1v) is 15.7. The van der Waals surface area contributed by atoms with Crippen LogP contribution in [-0.2, 0) is 0 Å². The van der Waals surface area contributed by atoms with Crippen molar-refractivity contribution in [3.05, 3.63) is 59.2 Å². The van der Waals surface area contributed by atoms with Crippen molar-refractivity contribution in [2.75, 3.05) is 0 Å². The fourth-order valence-electron chi connectivity index (χ4n) is 3.89. The van der Waals surface area contributed by atoms with Crippen LogP contribution in [0.4, 0.5) is 0 Å². The lowest BCUT2D eigenvalue weighted by molar-refractivity contribution is 0.0697. The molecule has 1 aliphatic heterocycles. The van der Waals surface area contributed by atoms with Gasteiger partial charge in [-0.05, 0) is 35.8 Å². The molecule has 2 aromatic rings. The van der Waals surface area contributed by atoms with Crippen LogP contribution >= 0.6 is 0 Å². The SMILES string of the molecule is C/C(=C\c1ccc(C(=O)O)cc1)c1ccc2c(c1)[Si](C)(C)CC[Si]2(C)C. The lowest BCUT2D eigenvalue weighted by Crippen LogP contribution is -2.63. The molecule has 0 aliphatic carbocycles. The highest BCUT2D eigenvalue weighted by atomic mass is 28.3. The fourth-order valence-corrected chi connectivity index (χ4v) is 14.2. The second-order valence-electron chi connectivity index (χ2n) is 8.78. The first-order chi connectivity index (χ1) is 12.1. The molecule has 0 unspecified atom stereocenters. The molecule has 0 bridgehead atoms. The number of hydrogen-bond donors (Lipinski definition) is 1. The zero-order valence-electron chi connectivity index (χ0n) is 16.4. The number of benzene rings is 2. The van der Waals surface area contributed by atoms with E-state index in [9.17, 15) is 4.79 Å². The Labute approximate surface area is 158 Å². The van der Waals surface area contributed by atoms with Gasteiger partial charge in [0.05, 0.1) is 21.7 Å². The van der Waals surface area contributed by atoms with Gasteiger partial charge in [0.1, 0.15) is 0 Å². The second-order valence-corrected chi connectivity index (χ2v) is 18.4. The molecule has 0 spiro atoms. The molecule has 0 aromatic heterocycles. The van der Waals surface area contributed by atoms with E-state index in [1.807, 2.05) is 12.1 Å². The van der Waals surface area contributed by atoms with E-state index in [0.717, 1.165) is 5.56 Å². The molecule has 0 saturated carbocycles.